The van der Waals surface area contributed by atoms with Crippen LogP contribution in [0.15, 0.2) is 17.1 Å². The van der Waals surface area contributed by atoms with Crippen molar-refractivity contribution in [3.8, 4) is 11.3 Å². The molecule has 0 amide bonds. The number of methoxy groups -OCH3 is 3. The molecule has 0 fully saturated rings. The van der Waals surface area contributed by atoms with Gasteiger partial charge in [-0.25, -0.2) is 19.4 Å². The van der Waals surface area contributed by atoms with E-state index in [9.17, 15) is 19.2 Å². The third kappa shape index (κ3) is 3.83. The Kier molecular flexibility index (Phi) is 5.49. The highest BCUT2D eigenvalue weighted by atomic mass is 16.5. The van der Waals surface area contributed by atoms with Gasteiger partial charge in [-0.2, -0.15) is 0 Å². The second-order valence-corrected chi connectivity index (χ2v) is 7.69. The van der Waals surface area contributed by atoms with Crippen molar-refractivity contribution < 1.29 is 33.4 Å². The Bertz CT molecular complexity index is 1150. The second kappa shape index (κ2) is 7.78. The number of esters is 3. The zero-order chi connectivity index (χ0) is 23.1. The van der Waals surface area contributed by atoms with Gasteiger partial charge in [-0.1, -0.05) is 0 Å². The van der Waals surface area contributed by atoms with Crippen LogP contribution in [0.2, 0.25) is 0 Å². The maximum absolute atomic E-state index is 13.3. The van der Waals surface area contributed by atoms with Gasteiger partial charge in [0.25, 0.3) is 0 Å². The van der Waals surface area contributed by atoms with Crippen molar-refractivity contribution >= 4 is 29.4 Å². The number of hydrogen-bond acceptors (Lipinski definition) is 9. The molecule has 0 saturated heterocycles. The number of ether oxygens (including phenoxy) is 3. The number of fused-ring (bicyclic) bond motifs is 3. The molecule has 0 radical (unpaired) electrons. The number of aromatic amines is 1. The molecule has 10 heteroatoms. The minimum atomic E-state index is -0.803. The maximum Gasteiger partial charge on any atom is 0.356 e. The number of H-pyrrole nitrogens is 1. The van der Waals surface area contributed by atoms with Crippen LogP contribution in [0.1, 0.15) is 68.2 Å². The molecule has 1 aliphatic rings. The minimum Gasteiger partial charge on any atom is -0.465 e. The SMILES string of the molecule is COC(=O)c1cc(C(=O)OC)c2c(n1)C(=NC(C)(C)C)C(=O)c1cc(C(=O)OC)[nH]c1-2. The Morgan fingerprint density at radius 3 is 2.13 bits per heavy atom. The Hall–Kier alpha value is -3.82. The number of pyridine rings is 1. The summed E-state index contributed by atoms with van der Waals surface area (Å²) in [7, 11) is 3.55. The van der Waals surface area contributed by atoms with Crippen molar-refractivity contribution in [1.29, 1.82) is 0 Å². The van der Waals surface area contributed by atoms with Crippen LogP contribution in [-0.4, -0.2) is 66.2 Å². The summed E-state index contributed by atoms with van der Waals surface area (Å²) in [5, 5.41) is 0. The van der Waals surface area contributed by atoms with E-state index in [2.05, 4.69) is 15.0 Å². The van der Waals surface area contributed by atoms with Crippen molar-refractivity contribution in [3.63, 3.8) is 0 Å². The number of ketones is 1. The average molecular weight is 427 g/mol. The van der Waals surface area contributed by atoms with Crippen LogP contribution < -0.4 is 0 Å². The highest BCUT2D eigenvalue weighted by Gasteiger charge is 2.38. The highest BCUT2D eigenvalue weighted by molar-refractivity contribution is 6.55. The van der Waals surface area contributed by atoms with E-state index < -0.39 is 29.2 Å². The molecular weight excluding hydrogens is 406 g/mol. The van der Waals surface area contributed by atoms with Gasteiger partial charge >= 0.3 is 17.9 Å². The average Bonchev–Trinajstić information content (AvgIpc) is 3.18. The van der Waals surface area contributed by atoms with E-state index in [1.807, 2.05) is 0 Å². The largest absolute Gasteiger partial charge is 0.465 e. The molecular formula is C21H21N3O7. The second-order valence-electron chi connectivity index (χ2n) is 7.69. The standard InChI is InChI=1S/C21H21N3O7/c1-21(2,3)24-16-15-13(9(18(26)29-4)7-11(23-15)19(27)30-5)14-10(17(16)25)8-12(22-14)20(28)31-6/h7-8,22H,1-6H3. The topological polar surface area (TPSA) is 137 Å². The van der Waals surface area contributed by atoms with Gasteiger partial charge < -0.3 is 19.2 Å². The fourth-order valence-electron chi connectivity index (χ4n) is 3.17. The third-order valence-corrected chi connectivity index (χ3v) is 4.42. The zero-order valence-corrected chi connectivity index (χ0v) is 17.9. The molecule has 162 valence electrons. The first-order valence-corrected chi connectivity index (χ1v) is 9.20. The van der Waals surface area contributed by atoms with E-state index in [4.69, 9.17) is 14.2 Å². The molecule has 2 heterocycles. The quantitative estimate of drug-likeness (QED) is 0.581. The molecule has 1 N–H and O–H groups in total. The summed E-state index contributed by atoms with van der Waals surface area (Å²) >= 11 is 0. The first kappa shape index (κ1) is 21.9. The Balaban J connectivity index is 2.47. The number of carbonyl (C=O) groups excluding carboxylic acids is 4. The normalized spacial score (nSPS) is 14.0. The van der Waals surface area contributed by atoms with Gasteiger partial charge in [0.05, 0.1) is 43.7 Å². The van der Waals surface area contributed by atoms with Gasteiger partial charge in [0, 0.05) is 5.56 Å². The number of carbonyl (C=O) groups is 4. The predicted molar refractivity (Wildman–Crippen MR) is 109 cm³/mol. The van der Waals surface area contributed by atoms with Crippen molar-refractivity contribution in [1.82, 2.24) is 9.97 Å². The van der Waals surface area contributed by atoms with Gasteiger partial charge in [0.1, 0.15) is 22.8 Å². The Labute approximate surface area is 177 Å². The van der Waals surface area contributed by atoms with Gasteiger partial charge in [0.15, 0.2) is 0 Å². The third-order valence-electron chi connectivity index (χ3n) is 4.42. The minimum absolute atomic E-state index is 0.00832. The summed E-state index contributed by atoms with van der Waals surface area (Å²) in [6, 6.07) is 2.54. The fraction of sp³-hybridized carbons (Fsp3) is 0.333. The van der Waals surface area contributed by atoms with E-state index in [1.165, 1.54) is 33.5 Å². The van der Waals surface area contributed by atoms with Crippen LogP contribution in [0.25, 0.3) is 11.3 Å². The van der Waals surface area contributed by atoms with Gasteiger partial charge in [0.2, 0.25) is 5.78 Å². The molecule has 0 bridgehead atoms. The molecule has 0 saturated carbocycles. The van der Waals surface area contributed by atoms with Gasteiger partial charge in [-0.15, -0.1) is 0 Å². The lowest BCUT2D eigenvalue weighted by Gasteiger charge is -2.22. The molecule has 0 aromatic carbocycles. The molecule has 3 rings (SSSR count). The molecule has 2 aromatic rings. The first-order valence-electron chi connectivity index (χ1n) is 9.20. The van der Waals surface area contributed by atoms with Crippen LogP contribution in [0.4, 0.5) is 0 Å². The summed E-state index contributed by atoms with van der Waals surface area (Å²) in [4.78, 5) is 61.7. The summed E-state index contributed by atoms with van der Waals surface area (Å²) in [6.45, 7) is 5.35. The smallest absolute Gasteiger partial charge is 0.356 e. The lowest BCUT2D eigenvalue weighted by molar-refractivity contribution is 0.0583. The van der Waals surface area contributed by atoms with Crippen LogP contribution in [0, 0.1) is 0 Å². The number of hydrogen-bond donors (Lipinski definition) is 1. The summed E-state index contributed by atoms with van der Waals surface area (Å²) in [5.74, 6) is -2.79. The van der Waals surface area contributed by atoms with Crippen molar-refractivity contribution in [3.05, 3.63) is 40.3 Å². The van der Waals surface area contributed by atoms with Crippen LogP contribution >= 0.6 is 0 Å². The number of aliphatic imine (C=N–C) groups is 1. The van der Waals surface area contributed by atoms with Crippen LogP contribution in [-0.2, 0) is 14.2 Å². The van der Waals surface area contributed by atoms with Crippen LogP contribution in [0.5, 0.6) is 0 Å². The van der Waals surface area contributed by atoms with Gasteiger partial charge in [-0.05, 0) is 32.9 Å². The molecule has 0 aliphatic heterocycles. The lowest BCUT2D eigenvalue weighted by atomic mass is 9.87. The monoisotopic (exact) mass is 427 g/mol. The fourth-order valence-corrected chi connectivity index (χ4v) is 3.17. The number of nitrogens with one attached hydrogen (secondary N) is 1. The number of rotatable bonds is 3. The highest BCUT2D eigenvalue weighted by Crippen LogP contribution is 2.37. The molecule has 31 heavy (non-hydrogen) atoms. The molecule has 2 aromatic heterocycles. The van der Waals surface area contributed by atoms with Crippen molar-refractivity contribution in [2.24, 2.45) is 4.99 Å². The van der Waals surface area contributed by atoms with Crippen molar-refractivity contribution in [2.45, 2.75) is 26.3 Å². The number of nitrogens with zero attached hydrogens (tertiary/aromatic N) is 2. The van der Waals surface area contributed by atoms with E-state index in [0.717, 1.165) is 0 Å². The first-order chi connectivity index (χ1) is 14.5. The summed E-state index contributed by atoms with van der Waals surface area (Å²) < 4.78 is 14.3. The van der Waals surface area contributed by atoms with Crippen molar-refractivity contribution in [2.75, 3.05) is 21.3 Å². The van der Waals surface area contributed by atoms with E-state index in [-0.39, 0.29) is 45.2 Å². The van der Waals surface area contributed by atoms with Gasteiger partial charge in [-0.3, -0.25) is 9.79 Å². The summed E-state index contributed by atoms with van der Waals surface area (Å²) in [6.07, 6.45) is 0. The number of Topliss-reactive ketones (excluding diaryl/α,β-unsaturated/α-hetero) is 1. The van der Waals surface area contributed by atoms with E-state index >= 15 is 0 Å². The molecule has 1 aliphatic carbocycles. The maximum atomic E-state index is 13.3. The summed E-state index contributed by atoms with van der Waals surface area (Å²) in [5.41, 5.74) is -0.471. The predicted octanol–water partition coefficient (Wildman–Crippen LogP) is 2.22. The lowest BCUT2D eigenvalue weighted by Crippen LogP contribution is -2.29. The zero-order valence-electron chi connectivity index (χ0n) is 17.9. The van der Waals surface area contributed by atoms with E-state index in [1.54, 1.807) is 20.8 Å². The Morgan fingerprint density at radius 1 is 0.968 bits per heavy atom. The van der Waals surface area contributed by atoms with E-state index in [0.29, 0.717) is 0 Å². The molecule has 10 nitrogen and oxygen atoms in total. The van der Waals surface area contributed by atoms with Crippen LogP contribution in [0.3, 0.4) is 0 Å². The molecule has 0 spiro atoms. The Morgan fingerprint density at radius 2 is 1.58 bits per heavy atom. The molecule has 0 unspecified atom stereocenters. The molecule has 0 atom stereocenters. The number of aromatic nitrogens is 2.